The monoisotopic (exact) mass is 236 g/mol. The molecule has 0 bridgehead atoms. The van der Waals surface area contributed by atoms with Gasteiger partial charge in [0.15, 0.2) is 5.25 Å². The number of rotatable bonds is 3. The van der Waals surface area contributed by atoms with Crippen LogP contribution in [-0.2, 0) is 20.3 Å². The summed E-state index contributed by atoms with van der Waals surface area (Å²) in [5.74, 6) is 0.193. The SMILES string of the molecule is CCC1=CC(S(=O)c2ccccc2)C(=O)O1. The maximum Gasteiger partial charge on any atom is 0.331 e. The van der Waals surface area contributed by atoms with Gasteiger partial charge < -0.3 is 4.74 Å². The average molecular weight is 236 g/mol. The molecule has 1 heterocycles. The minimum Gasteiger partial charge on any atom is -0.430 e. The van der Waals surface area contributed by atoms with Crippen LogP contribution in [0.5, 0.6) is 0 Å². The number of benzene rings is 1. The molecule has 1 aromatic carbocycles. The van der Waals surface area contributed by atoms with Crippen molar-refractivity contribution < 1.29 is 13.7 Å². The van der Waals surface area contributed by atoms with E-state index in [0.717, 1.165) is 0 Å². The highest BCUT2D eigenvalue weighted by molar-refractivity contribution is 7.86. The molecule has 2 rings (SSSR count). The van der Waals surface area contributed by atoms with Crippen molar-refractivity contribution in [3.05, 3.63) is 42.2 Å². The number of cyclic esters (lactones) is 1. The van der Waals surface area contributed by atoms with Crippen molar-refractivity contribution in [2.45, 2.75) is 23.5 Å². The standard InChI is InChI=1S/C12H12O3S/c1-2-9-8-11(12(13)15-9)16(14)10-6-4-3-5-7-10/h3-8,11H,2H2,1H3. The molecule has 0 saturated heterocycles. The van der Waals surface area contributed by atoms with E-state index in [9.17, 15) is 9.00 Å². The van der Waals surface area contributed by atoms with Crippen molar-refractivity contribution in [1.29, 1.82) is 0 Å². The van der Waals surface area contributed by atoms with Crippen LogP contribution in [0.4, 0.5) is 0 Å². The molecule has 4 heteroatoms. The molecule has 16 heavy (non-hydrogen) atoms. The van der Waals surface area contributed by atoms with E-state index < -0.39 is 22.0 Å². The van der Waals surface area contributed by atoms with Gasteiger partial charge in [-0.15, -0.1) is 0 Å². The highest BCUT2D eigenvalue weighted by atomic mass is 32.2. The molecule has 0 aliphatic carbocycles. The van der Waals surface area contributed by atoms with Crippen LogP contribution in [0.15, 0.2) is 47.1 Å². The van der Waals surface area contributed by atoms with Gasteiger partial charge in [-0.2, -0.15) is 0 Å². The molecule has 2 unspecified atom stereocenters. The predicted octanol–water partition coefficient (Wildman–Crippen LogP) is 2.01. The second kappa shape index (κ2) is 4.61. The molecule has 0 aromatic heterocycles. The molecule has 0 radical (unpaired) electrons. The quantitative estimate of drug-likeness (QED) is 0.754. The Labute approximate surface area is 96.6 Å². The summed E-state index contributed by atoms with van der Waals surface area (Å²) in [6, 6.07) is 8.96. The third kappa shape index (κ3) is 2.07. The molecule has 1 aliphatic rings. The summed E-state index contributed by atoms with van der Waals surface area (Å²) in [6.07, 6.45) is 2.31. The van der Waals surface area contributed by atoms with Gasteiger partial charge in [-0.05, 0) is 18.2 Å². The van der Waals surface area contributed by atoms with E-state index in [2.05, 4.69) is 0 Å². The Hall–Kier alpha value is -1.42. The van der Waals surface area contributed by atoms with Crippen LogP contribution in [0.2, 0.25) is 0 Å². The van der Waals surface area contributed by atoms with Gasteiger partial charge in [-0.25, -0.2) is 4.79 Å². The van der Waals surface area contributed by atoms with Crippen LogP contribution in [0.1, 0.15) is 13.3 Å². The van der Waals surface area contributed by atoms with E-state index in [4.69, 9.17) is 4.74 Å². The molecule has 3 nitrogen and oxygen atoms in total. The lowest BCUT2D eigenvalue weighted by molar-refractivity contribution is -0.136. The number of ether oxygens (including phenoxy) is 1. The highest BCUT2D eigenvalue weighted by Crippen LogP contribution is 2.22. The summed E-state index contributed by atoms with van der Waals surface area (Å²) in [5, 5.41) is -0.655. The van der Waals surface area contributed by atoms with Crippen molar-refractivity contribution in [2.75, 3.05) is 0 Å². The first-order valence-electron chi connectivity index (χ1n) is 5.10. The summed E-state index contributed by atoms with van der Waals surface area (Å²) >= 11 is 0. The van der Waals surface area contributed by atoms with E-state index in [1.165, 1.54) is 0 Å². The van der Waals surface area contributed by atoms with Gasteiger partial charge in [-0.3, -0.25) is 4.21 Å². The van der Waals surface area contributed by atoms with E-state index in [1.807, 2.05) is 13.0 Å². The fourth-order valence-corrected chi connectivity index (χ4v) is 2.72. The molecule has 84 valence electrons. The van der Waals surface area contributed by atoms with Crippen molar-refractivity contribution in [1.82, 2.24) is 0 Å². The third-order valence-electron chi connectivity index (χ3n) is 2.36. The van der Waals surface area contributed by atoms with Crippen LogP contribution < -0.4 is 0 Å². The van der Waals surface area contributed by atoms with E-state index >= 15 is 0 Å². The number of esters is 1. The number of hydrogen-bond acceptors (Lipinski definition) is 3. The van der Waals surface area contributed by atoms with Crippen LogP contribution in [-0.4, -0.2) is 15.4 Å². The Bertz CT molecular complexity index is 451. The summed E-state index contributed by atoms with van der Waals surface area (Å²) in [6.45, 7) is 1.90. The normalized spacial score (nSPS) is 21.4. The number of carbonyl (C=O) groups is 1. The van der Waals surface area contributed by atoms with Crippen molar-refractivity contribution in [3.8, 4) is 0 Å². The minimum atomic E-state index is -1.36. The van der Waals surface area contributed by atoms with Crippen molar-refractivity contribution >= 4 is 16.8 Å². The zero-order valence-electron chi connectivity index (χ0n) is 8.88. The Kier molecular flexibility index (Phi) is 3.19. The van der Waals surface area contributed by atoms with Crippen LogP contribution >= 0.6 is 0 Å². The number of allylic oxidation sites excluding steroid dienone is 1. The Morgan fingerprint density at radius 1 is 1.31 bits per heavy atom. The van der Waals surface area contributed by atoms with Gasteiger partial charge in [0.05, 0.1) is 10.8 Å². The second-order valence-corrected chi connectivity index (χ2v) is 5.01. The summed E-state index contributed by atoms with van der Waals surface area (Å²) in [4.78, 5) is 12.1. The Balaban J connectivity index is 2.24. The maximum atomic E-state index is 12.1. The molecule has 2 atom stereocenters. The molecule has 0 N–H and O–H groups in total. The van der Waals surface area contributed by atoms with Crippen molar-refractivity contribution in [2.24, 2.45) is 0 Å². The molecular weight excluding hydrogens is 224 g/mol. The Morgan fingerprint density at radius 2 is 2.00 bits per heavy atom. The smallest absolute Gasteiger partial charge is 0.331 e. The van der Waals surface area contributed by atoms with Gasteiger partial charge in [0.25, 0.3) is 0 Å². The summed E-state index contributed by atoms with van der Waals surface area (Å²) < 4.78 is 17.1. The lowest BCUT2D eigenvalue weighted by Gasteiger charge is -2.04. The van der Waals surface area contributed by atoms with Gasteiger partial charge in [0.2, 0.25) is 0 Å². The molecule has 0 amide bonds. The minimum absolute atomic E-state index is 0.418. The fraction of sp³-hybridized carbons (Fsp3) is 0.250. The van der Waals surface area contributed by atoms with E-state index in [-0.39, 0.29) is 0 Å². The maximum absolute atomic E-state index is 12.1. The largest absolute Gasteiger partial charge is 0.430 e. The fourth-order valence-electron chi connectivity index (χ4n) is 1.50. The molecule has 0 spiro atoms. The summed E-state index contributed by atoms with van der Waals surface area (Å²) in [5.41, 5.74) is 0. The third-order valence-corrected chi connectivity index (χ3v) is 3.88. The summed E-state index contributed by atoms with van der Waals surface area (Å²) in [7, 11) is -1.36. The van der Waals surface area contributed by atoms with Gasteiger partial charge in [-0.1, -0.05) is 25.1 Å². The van der Waals surface area contributed by atoms with Gasteiger partial charge in [0, 0.05) is 11.3 Å². The topological polar surface area (TPSA) is 43.4 Å². The first-order chi connectivity index (χ1) is 7.72. The van der Waals surface area contributed by atoms with Crippen LogP contribution in [0.3, 0.4) is 0 Å². The van der Waals surface area contributed by atoms with Crippen molar-refractivity contribution in [3.63, 3.8) is 0 Å². The molecule has 0 fully saturated rings. The number of hydrogen-bond donors (Lipinski definition) is 0. The second-order valence-electron chi connectivity index (χ2n) is 3.44. The molecule has 1 aromatic rings. The lowest BCUT2D eigenvalue weighted by Crippen LogP contribution is -2.20. The molecule has 0 saturated carbocycles. The number of carbonyl (C=O) groups excluding carboxylic acids is 1. The first kappa shape index (κ1) is 11.1. The predicted molar refractivity (Wildman–Crippen MR) is 61.1 cm³/mol. The van der Waals surface area contributed by atoms with Gasteiger partial charge in [0.1, 0.15) is 5.76 Å². The Morgan fingerprint density at radius 3 is 2.56 bits per heavy atom. The zero-order chi connectivity index (χ0) is 11.5. The molecule has 1 aliphatic heterocycles. The first-order valence-corrected chi connectivity index (χ1v) is 6.31. The highest BCUT2D eigenvalue weighted by Gasteiger charge is 2.32. The van der Waals surface area contributed by atoms with Crippen LogP contribution in [0, 0.1) is 0 Å². The molecular formula is C12H12O3S. The van der Waals surface area contributed by atoms with E-state index in [0.29, 0.717) is 17.1 Å². The zero-order valence-corrected chi connectivity index (χ0v) is 9.70. The van der Waals surface area contributed by atoms with E-state index in [1.54, 1.807) is 30.3 Å². The van der Waals surface area contributed by atoms with Crippen LogP contribution in [0.25, 0.3) is 0 Å². The lowest BCUT2D eigenvalue weighted by atomic mass is 10.3. The average Bonchev–Trinajstić information content (AvgIpc) is 2.71. The van der Waals surface area contributed by atoms with Gasteiger partial charge >= 0.3 is 5.97 Å².